The fraction of sp³-hybridized carbons (Fsp3) is 0.455. The number of nitrogens with zero attached hydrogens (tertiary/aromatic N) is 4. The second-order valence-corrected chi connectivity index (χ2v) is 16.3. The molecule has 8 atom stereocenters. The zero-order valence-corrected chi connectivity index (χ0v) is 35.3. The Balaban J connectivity index is 1.05. The molecular formula is C44H52N8O9. The molecule has 5 N–H and O–H groups in total. The SMILES string of the molecule is COC(=O)N[C@H](C(=O)N1[C@@H](C)CC[C@H]1c1ncc(-c2ccc3c(c2)COc2cc4c(ccc5[nH]c([C@@H]6CC[C@H](C)N6C(=O)[C@@H](NC(=O)O)[C@H](C)OC)nc54)cc2-3)[nH]1)[C@H](C)OC. The molecule has 5 aromatic rings. The van der Waals surface area contributed by atoms with E-state index in [1.807, 2.05) is 32.0 Å². The number of imidazole rings is 2. The molecule has 322 valence electrons. The van der Waals surface area contributed by atoms with Crippen molar-refractivity contribution in [2.75, 3.05) is 21.3 Å². The van der Waals surface area contributed by atoms with E-state index in [1.165, 1.54) is 21.3 Å². The summed E-state index contributed by atoms with van der Waals surface area (Å²) < 4.78 is 22.0. The second-order valence-electron chi connectivity index (χ2n) is 16.3. The van der Waals surface area contributed by atoms with Gasteiger partial charge in [0.15, 0.2) is 0 Å². The van der Waals surface area contributed by atoms with Gasteiger partial charge >= 0.3 is 12.2 Å². The van der Waals surface area contributed by atoms with Crippen LogP contribution < -0.4 is 15.4 Å². The van der Waals surface area contributed by atoms with Crippen molar-refractivity contribution in [3.63, 3.8) is 0 Å². The molecule has 0 bridgehead atoms. The lowest BCUT2D eigenvalue weighted by Crippen LogP contribution is -2.55. The number of aromatic nitrogens is 4. The molecule has 61 heavy (non-hydrogen) atoms. The average Bonchev–Trinajstić information content (AvgIpc) is 4.08. The van der Waals surface area contributed by atoms with Gasteiger partial charge in [-0.1, -0.05) is 18.2 Å². The third-order valence-electron chi connectivity index (χ3n) is 12.7. The number of hydrogen-bond donors (Lipinski definition) is 5. The lowest BCUT2D eigenvalue weighted by molar-refractivity contribution is -0.140. The highest BCUT2D eigenvalue weighted by molar-refractivity contribution is 6.07. The van der Waals surface area contributed by atoms with Gasteiger partial charge in [-0.25, -0.2) is 19.6 Å². The highest BCUT2D eigenvalue weighted by atomic mass is 16.5. The maximum absolute atomic E-state index is 13.9. The number of aromatic amines is 2. The molecule has 0 saturated carbocycles. The topological polar surface area (TPSA) is 213 Å². The zero-order valence-electron chi connectivity index (χ0n) is 35.3. The van der Waals surface area contributed by atoms with Crippen molar-refractivity contribution >= 4 is 45.8 Å². The first kappa shape index (κ1) is 41.5. The minimum absolute atomic E-state index is 0.0783. The van der Waals surface area contributed by atoms with Crippen LogP contribution in [-0.4, -0.2) is 117 Å². The number of methoxy groups -OCH3 is 3. The first-order valence-corrected chi connectivity index (χ1v) is 20.6. The van der Waals surface area contributed by atoms with E-state index < -0.39 is 36.5 Å². The molecule has 17 nitrogen and oxygen atoms in total. The molecule has 8 rings (SSSR count). The lowest BCUT2D eigenvalue weighted by atomic mass is 9.92. The van der Waals surface area contributed by atoms with E-state index in [-0.39, 0.29) is 36.0 Å². The van der Waals surface area contributed by atoms with Crippen LogP contribution in [-0.2, 0) is 30.4 Å². The quantitative estimate of drug-likeness (QED) is 0.101. The van der Waals surface area contributed by atoms with E-state index >= 15 is 0 Å². The standard InChI is InChI=1S/C44H52N8O9/c1-21-8-14-33(51(21)42(54)37(24(4)59-6)50-44(57)60-7)39-45-19-32(47-39)26-10-12-28-27(16-26)20-61-35-18-29-25(17-30(28)35)11-13-31-38(29)48-40(46-31)34-15-9-22(2)52(34)41(53)36(23(3)58-5)49-43(55)56/h10-13,16-19,21-24,33-34,36-37,49H,8-9,14-15,20H2,1-7H3,(H,45,47)(H,46,48)(H,50,57)(H,55,56)/t21-,22-,23-,24-,33-,34-,36-,37-/m0/s1. The van der Waals surface area contributed by atoms with Crippen molar-refractivity contribution in [2.45, 2.75) is 108 Å². The molecule has 2 aromatic heterocycles. The number of likely N-dealkylation sites (tertiary alicyclic amines) is 2. The van der Waals surface area contributed by atoms with Gasteiger partial charge in [0, 0.05) is 37.3 Å². The van der Waals surface area contributed by atoms with Gasteiger partial charge < -0.3 is 54.5 Å². The normalized spacial score (nSPS) is 21.6. The Morgan fingerprint density at radius 1 is 0.820 bits per heavy atom. The largest absolute Gasteiger partial charge is 0.488 e. The number of carbonyl (C=O) groups is 4. The fourth-order valence-corrected chi connectivity index (χ4v) is 9.20. The highest BCUT2D eigenvalue weighted by Crippen LogP contribution is 2.44. The van der Waals surface area contributed by atoms with Gasteiger partial charge in [-0.3, -0.25) is 9.59 Å². The molecule has 17 heteroatoms. The number of alkyl carbamates (subject to hydrolysis) is 1. The minimum atomic E-state index is -1.29. The summed E-state index contributed by atoms with van der Waals surface area (Å²) in [5.74, 6) is 1.42. The molecule has 2 saturated heterocycles. The molecule has 5 heterocycles. The predicted molar refractivity (Wildman–Crippen MR) is 225 cm³/mol. The second kappa shape index (κ2) is 16.7. The Labute approximate surface area is 352 Å². The summed E-state index contributed by atoms with van der Waals surface area (Å²) in [6.07, 6.45) is 1.43. The van der Waals surface area contributed by atoms with Crippen molar-refractivity contribution in [1.29, 1.82) is 0 Å². The third-order valence-corrected chi connectivity index (χ3v) is 12.7. The van der Waals surface area contributed by atoms with Crippen LogP contribution >= 0.6 is 0 Å². The van der Waals surface area contributed by atoms with Crippen LogP contribution in [0.5, 0.6) is 5.75 Å². The van der Waals surface area contributed by atoms with Crippen molar-refractivity contribution in [1.82, 2.24) is 40.4 Å². The van der Waals surface area contributed by atoms with Gasteiger partial charge in [0.1, 0.15) is 36.1 Å². The van der Waals surface area contributed by atoms with Crippen LogP contribution in [0, 0.1) is 0 Å². The van der Waals surface area contributed by atoms with Crippen LogP contribution in [0.15, 0.2) is 48.7 Å². The number of amides is 4. The summed E-state index contributed by atoms with van der Waals surface area (Å²) in [5, 5.41) is 16.4. The summed E-state index contributed by atoms with van der Waals surface area (Å²) in [6, 6.07) is 11.5. The predicted octanol–water partition coefficient (Wildman–Crippen LogP) is 6.20. The maximum Gasteiger partial charge on any atom is 0.407 e. The van der Waals surface area contributed by atoms with Gasteiger partial charge in [0.25, 0.3) is 0 Å². The first-order chi connectivity index (χ1) is 29.3. The fourth-order valence-electron chi connectivity index (χ4n) is 9.20. The summed E-state index contributed by atoms with van der Waals surface area (Å²) in [4.78, 5) is 71.8. The molecule has 0 spiro atoms. The Kier molecular flexibility index (Phi) is 11.4. The monoisotopic (exact) mass is 836 g/mol. The first-order valence-electron chi connectivity index (χ1n) is 20.6. The van der Waals surface area contributed by atoms with Crippen molar-refractivity contribution in [3.8, 4) is 28.1 Å². The Morgan fingerprint density at radius 2 is 1.48 bits per heavy atom. The molecule has 0 unspecified atom stereocenters. The summed E-state index contributed by atoms with van der Waals surface area (Å²) in [7, 11) is 4.20. The maximum atomic E-state index is 13.9. The van der Waals surface area contributed by atoms with Crippen molar-refractivity contribution < 1.29 is 43.2 Å². The number of H-pyrrole nitrogens is 2. The van der Waals surface area contributed by atoms with Gasteiger partial charge in [-0.05, 0) is 99.7 Å². The van der Waals surface area contributed by atoms with E-state index in [0.717, 1.165) is 68.3 Å². The van der Waals surface area contributed by atoms with E-state index in [4.69, 9.17) is 28.9 Å². The smallest absolute Gasteiger partial charge is 0.407 e. The molecule has 3 aromatic carbocycles. The van der Waals surface area contributed by atoms with Crippen LogP contribution in [0.25, 0.3) is 44.2 Å². The van der Waals surface area contributed by atoms with Crippen LogP contribution in [0.4, 0.5) is 9.59 Å². The number of carboxylic acid groups (broad SMARTS) is 1. The van der Waals surface area contributed by atoms with Crippen LogP contribution in [0.2, 0.25) is 0 Å². The molecular weight excluding hydrogens is 785 g/mol. The number of hydrogen-bond acceptors (Lipinski definition) is 10. The van der Waals surface area contributed by atoms with Crippen molar-refractivity contribution in [2.24, 2.45) is 0 Å². The number of ether oxygens (including phenoxy) is 4. The van der Waals surface area contributed by atoms with Crippen LogP contribution in [0.1, 0.15) is 82.7 Å². The molecule has 3 aliphatic heterocycles. The van der Waals surface area contributed by atoms with E-state index in [2.05, 4.69) is 44.9 Å². The summed E-state index contributed by atoms with van der Waals surface area (Å²) in [5.41, 5.74) is 6.33. The van der Waals surface area contributed by atoms with E-state index in [1.54, 1.807) is 29.8 Å². The van der Waals surface area contributed by atoms with Crippen molar-refractivity contribution in [3.05, 3.63) is 65.9 Å². The minimum Gasteiger partial charge on any atom is -0.488 e. The Morgan fingerprint density at radius 3 is 2.11 bits per heavy atom. The van der Waals surface area contributed by atoms with E-state index in [9.17, 15) is 24.3 Å². The van der Waals surface area contributed by atoms with Gasteiger partial charge in [0.05, 0.1) is 54.3 Å². The van der Waals surface area contributed by atoms with Gasteiger partial charge in [-0.15, -0.1) is 0 Å². The molecule has 2 fully saturated rings. The summed E-state index contributed by atoms with van der Waals surface area (Å²) >= 11 is 0. The highest BCUT2D eigenvalue weighted by Gasteiger charge is 2.43. The van der Waals surface area contributed by atoms with E-state index in [0.29, 0.717) is 31.1 Å². The third kappa shape index (κ3) is 7.60. The molecule has 0 radical (unpaired) electrons. The average molecular weight is 837 g/mol. The Hall–Kier alpha value is -6.20. The number of rotatable bonds is 11. The Bertz CT molecular complexity index is 2500. The van der Waals surface area contributed by atoms with Gasteiger partial charge in [-0.2, -0.15) is 0 Å². The van der Waals surface area contributed by atoms with Gasteiger partial charge in [0.2, 0.25) is 11.8 Å². The molecule has 4 amide bonds. The molecule has 3 aliphatic rings. The zero-order chi connectivity index (χ0) is 43.3. The number of carbonyl (C=O) groups excluding carboxylic acids is 3. The summed E-state index contributed by atoms with van der Waals surface area (Å²) in [6.45, 7) is 7.71. The number of benzene rings is 3. The lowest BCUT2D eigenvalue weighted by Gasteiger charge is -2.33. The van der Waals surface area contributed by atoms with Crippen LogP contribution in [0.3, 0.4) is 0 Å². The number of nitrogens with one attached hydrogen (secondary N) is 4. The number of fused-ring (bicyclic) bond motifs is 6. The molecule has 0 aliphatic carbocycles.